The van der Waals surface area contributed by atoms with Crippen molar-refractivity contribution in [2.75, 3.05) is 36.8 Å². The van der Waals surface area contributed by atoms with Gasteiger partial charge in [0, 0.05) is 30.2 Å². The first-order chi connectivity index (χ1) is 20.4. The van der Waals surface area contributed by atoms with Crippen molar-refractivity contribution in [2.45, 2.75) is 53.0 Å². The number of thioether (sulfide) groups is 1. The number of carbonyl (C=O) groups is 6. The molecule has 0 radical (unpaired) electrons. The van der Waals surface area contributed by atoms with Gasteiger partial charge < -0.3 is 25.3 Å². The number of rotatable bonds is 15. The van der Waals surface area contributed by atoms with Crippen LogP contribution in [-0.4, -0.2) is 87.6 Å². The molecule has 11 nitrogen and oxygen atoms in total. The number of hydrogen-bond donors (Lipinski definition) is 2. The summed E-state index contributed by atoms with van der Waals surface area (Å²) in [6.07, 6.45) is 3.21. The highest BCUT2D eigenvalue weighted by Crippen LogP contribution is 2.16. The number of ketones is 1. The van der Waals surface area contributed by atoms with E-state index in [1.165, 1.54) is 26.5 Å². The minimum atomic E-state index is -0.746. The van der Waals surface area contributed by atoms with Gasteiger partial charge in [-0.05, 0) is 42.2 Å². The lowest BCUT2D eigenvalue weighted by molar-refractivity contribution is -0.154. The molecule has 1 aliphatic heterocycles. The number of amides is 5. The summed E-state index contributed by atoms with van der Waals surface area (Å²) < 4.78 is 0. The van der Waals surface area contributed by atoms with Crippen LogP contribution in [-0.2, 0) is 35.2 Å². The third-order valence-electron chi connectivity index (χ3n) is 6.96. The molecule has 1 heterocycles. The second-order valence-corrected chi connectivity index (χ2v) is 11.8. The maximum absolute atomic E-state index is 13.0. The maximum Gasteiger partial charge on any atom is 0.248 e. The van der Waals surface area contributed by atoms with Gasteiger partial charge in [0.2, 0.25) is 29.5 Å². The van der Waals surface area contributed by atoms with Crippen LogP contribution < -0.4 is 10.6 Å². The first kappa shape index (κ1) is 35.3. The molecule has 5 amide bonds. The van der Waals surface area contributed by atoms with Crippen molar-refractivity contribution in [3.63, 3.8) is 0 Å². The highest BCUT2D eigenvalue weighted by atomic mass is 32.2. The van der Waals surface area contributed by atoms with Crippen LogP contribution in [0.2, 0.25) is 0 Å². The molecule has 2 rings (SSSR count). The Labute approximate surface area is 258 Å². The van der Waals surface area contributed by atoms with Crippen molar-refractivity contribution >= 4 is 52.8 Å². The fraction of sp³-hybridized carbons (Fsp3) is 0.484. The molecule has 12 heteroatoms. The summed E-state index contributed by atoms with van der Waals surface area (Å²) in [5, 5.41) is 5.62. The van der Waals surface area contributed by atoms with Crippen molar-refractivity contribution in [3.8, 4) is 0 Å². The smallest absolute Gasteiger partial charge is 0.248 e. The van der Waals surface area contributed by atoms with E-state index in [0.717, 1.165) is 24.1 Å². The molecule has 1 aliphatic rings. The molecule has 234 valence electrons. The average Bonchev–Trinajstić information content (AvgIpc) is 3.00. The molecule has 2 N–H and O–H groups in total. The van der Waals surface area contributed by atoms with Crippen molar-refractivity contribution in [1.82, 2.24) is 20.0 Å². The quantitative estimate of drug-likeness (QED) is 0.229. The fourth-order valence-corrected chi connectivity index (χ4v) is 5.11. The second kappa shape index (κ2) is 17.3. The SMILES string of the molecule is C=CC(=O)N1CN(C(=O)C=C)CN(C(=O)CCSCC(=O)N[C@H](C(=O)C[C@@H](C)C(=O)Nc2ccc(CC)cc2)C(C)C)C1. The zero-order chi connectivity index (χ0) is 32.1. The first-order valence-electron chi connectivity index (χ1n) is 14.3. The number of nitrogens with zero attached hydrogens (tertiary/aromatic N) is 3. The van der Waals surface area contributed by atoms with E-state index in [4.69, 9.17) is 0 Å². The van der Waals surface area contributed by atoms with Crippen molar-refractivity contribution in [3.05, 3.63) is 55.1 Å². The Bertz CT molecular complexity index is 1170. The number of nitrogens with one attached hydrogen (secondary N) is 2. The minimum absolute atomic E-state index is 0.0176. The van der Waals surface area contributed by atoms with E-state index in [-0.39, 0.29) is 68.0 Å². The van der Waals surface area contributed by atoms with Crippen molar-refractivity contribution < 1.29 is 28.8 Å². The molecule has 0 saturated carbocycles. The number of benzene rings is 1. The predicted octanol–water partition coefficient (Wildman–Crippen LogP) is 2.79. The third-order valence-corrected chi connectivity index (χ3v) is 7.92. The molecular formula is C31H43N5O6S. The standard InChI is InChI=1S/C31H43N5O6S/c1-7-23-10-12-24(13-11-23)32-31(42)22(6)16-25(37)30(21(4)5)33-26(38)17-43-15-14-29(41)36-19-34(27(39)8-2)18-35(20-36)28(40)9-3/h8-13,21-22,30H,2-3,7,14-20H2,1,4-6H3,(H,32,42)(H,33,38)/t22-,30+/m1/s1. The van der Waals surface area contributed by atoms with Gasteiger partial charge in [0.15, 0.2) is 5.78 Å². The van der Waals surface area contributed by atoms with E-state index in [1.807, 2.05) is 45.0 Å². The molecule has 1 saturated heterocycles. The predicted molar refractivity (Wildman–Crippen MR) is 167 cm³/mol. The number of hydrogen-bond acceptors (Lipinski definition) is 7. The summed E-state index contributed by atoms with van der Waals surface area (Å²) in [6, 6.07) is 6.80. The van der Waals surface area contributed by atoms with Crippen LogP contribution in [0.25, 0.3) is 0 Å². The van der Waals surface area contributed by atoms with Gasteiger partial charge in [0.1, 0.15) is 0 Å². The van der Waals surface area contributed by atoms with Crippen LogP contribution in [0.4, 0.5) is 5.69 Å². The number of carbonyl (C=O) groups excluding carboxylic acids is 6. The summed E-state index contributed by atoms with van der Waals surface area (Å²) in [5.74, 6) is -2.33. The van der Waals surface area contributed by atoms with Gasteiger partial charge in [0.05, 0.1) is 31.8 Å². The molecule has 1 aromatic carbocycles. The Morgan fingerprint density at radius 1 is 0.907 bits per heavy atom. The van der Waals surface area contributed by atoms with Crippen LogP contribution in [0.1, 0.15) is 46.1 Å². The Kier molecular flexibility index (Phi) is 14.1. The van der Waals surface area contributed by atoms with Gasteiger partial charge in [0.25, 0.3) is 0 Å². The van der Waals surface area contributed by atoms with Gasteiger partial charge >= 0.3 is 0 Å². The van der Waals surface area contributed by atoms with Gasteiger partial charge in [-0.15, -0.1) is 0 Å². The van der Waals surface area contributed by atoms with Gasteiger partial charge in [-0.3, -0.25) is 28.8 Å². The summed E-state index contributed by atoms with van der Waals surface area (Å²) in [4.78, 5) is 79.4. The average molecular weight is 614 g/mol. The van der Waals surface area contributed by atoms with Crippen LogP contribution in [0.15, 0.2) is 49.6 Å². The van der Waals surface area contributed by atoms with E-state index in [2.05, 4.69) is 23.8 Å². The first-order valence-corrected chi connectivity index (χ1v) is 15.5. The molecule has 1 aromatic rings. The van der Waals surface area contributed by atoms with E-state index in [1.54, 1.807) is 6.92 Å². The highest BCUT2D eigenvalue weighted by molar-refractivity contribution is 7.99. The van der Waals surface area contributed by atoms with Crippen LogP contribution in [0, 0.1) is 11.8 Å². The number of aryl methyl sites for hydroxylation is 1. The molecule has 0 unspecified atom stereocenters. The lowest BCUT2D eigenvalue weighted by atomic mass is 9.93. The molecule has 0 spiro atoms. The third kappa shape index (κ3) is 11.0. The summed E-state index contributed by atoms with van der Waals surface area (Å²) in [5.41, 5.74) is 1.82. The van der Waals surface area contributed by atoms with E-state index < -0.39 is 23.8 Å². The molecule has 43 heavy (non-hydrogen) atoms. The monoisotopic (exact) mass is 613 g/mol. The lowest BCUT2D eigenvalue weighted by Crippen LogP contribution is -2.59. The summed E-state index contributed by atoms with van der Waals surface area (Å²) in [6.45, 7) is 14.4. The largest absolute Gasteiger partial charge is 0.345 e. The summed E-state index contributed by atoms with van der Waals surface area (Å²) >= 11 is 1.24. The lowest BCUT2D eigenvalue weighted by Gasteiger charge is -2.41. The summed E-state index contributed by atoms with van der Waals surface area (Å²) in [7, 11) is 0. The van der Waals surface area contributed by atoms with Gasteiger partial charge in [-0.25, -0.2) is 0 Å². The Hall–Kier alpha value is -3.93. The topological polar surface area (TPSA) is 136 Å². The maximum atomic E-state index is 13.0. The highest BCUT2D eigenvalue weighted by Gasteiger charge is 2.30. The Morgan fingerprint density at radius 3 is 1.98 bits per heavy atom. The molecule has 1 fully saturated rings. The molecular weight excluding hydrogens is 570 g/mol. The van der Waals surface area contributed by atoms with E-state index in [9.17, 15) is 28.8 Å². The van der Waals surface area contributed by atoms with Gasteiger partial charge in [-0.1, -0.05) is 53.0 Å². The normalized spacial score (nSPS) is 14.5. The van der Waals surface area contributed by atoms with Crippen LogP contribution >= 0.6 is 11.8 Å². The molecule has 2 atom stereocenters. The van der Waals surface area contributed by atoms with Crippen molar-refractivity contribution in [2.24, 2.45) is 11.8 Å². The second-order valence-electron chi connectivity index (χ2n) is 10.7. The molecule has 0 bridgehead atoms. The Morgan fingerprint density at radius 2 is 1.47 bits per heavy atom. The zero-order valence-electron chi connectivity index (χ0n) is 25.5. The molecule has 0 aromatic heterocycles. The van der Waals surface area contributed by atoms with Crippen LogP contribution in [0.5, 0.6) is 0 Å². The van der Waals surface area contributed by atoms with E-state index in [0.29, 0.717) is 11.4 Å². The Balaban J connectivity index is 1.82. The fourth-order valence-electron chi connectivity index (χ4n) is 4.37. The van der Waals surface area contributed by atoms with Crippen molar-refractivity contribution in [1.29, 1.82) is 0 Å². The molecule has 0 aliphatic carbocycles. The van der Waals surface area contributed by atoms with E-state index >= 15 is 0 Å². The zero-order valence-corrected chi connectivity index (χ0v) is 26.3. The number of Topliss-reactive ketones (excluding diaryl/α,β-unsaturated/α-hetero) is 1. The van der Waals surface area contributed by atoms with Crippen LogP contribution in [0.3, 0.4) is 0 Å². The number of anilines is 1. The minimum Gasteiger partial charge on any atom is -0.345 e. The van der Waals surface area contributed by atoms with Gasteiger partial charge in [-0.2, -0.15) is 11.8 Å².